The molecule has 0 aliphatic heterocycles. The van der Waals surface area contributed by atoms with Gasteiger partial charge in [-0.05, 0) is 19.3 Å². The molecule has 0 saturated carbocycles. The molecule has 0 radical (unpaired) electrons. The number of allylic oxidation sites excluding steroid dienone is 1. The lowest BCUT2D eigenvalue weighted by atomic mass is 10.0. The lowest BCUT2D eigenvalue weighted by Crippen LogP contribution is -2.07. The quantitative estimate of drug-likeness (QED) is 0.594. The molecule has 2 heteroatoms. The van der Waals surface area contributed by atoms with Crippen molar-refractivity contribution in [1.29, 1.82) is 0 Å². The number of primary amides is 1. The van der Waals surface area contributed by atoms with E-state index in [1.807, 2.05) is 6.92 Å². The summed E-state index contributed by atoms with van der Waals surface area (Å²) in [6, 6.07) is 0. The highest BCUT2D eigenvalue weighted by Crippen LogP contribution is 2.08. The highest BCUT2D eigenvalue weighted by Gasteiger charge is 1.96. The van der Waals surface area contributed by atoms with E-state index in [1.54, 1.807) is 0 Å². The molecule has 2 nitrogen and oxygen atoms in total. The number of hydrogen-bond donors (Lipinski definition) is 1. The molecule has 0 heterocycles. The van der Waals surface area contributed by atoms with Gasteiger partial charge in [0.25, 0.3) is 0 Å². The Morgan fingerprint density at radius 1 is 1.60 bits per heavy atom. The summed E-state index contributed by atoms with van der Waals surface area (Å²) in [7, 11) is 0. The molecule has 0 aliphatic rings. The van der Waals surface area contributed by atoms with Crippen molar-refractivity contribution < 1.29 is 4.79 Å². The highest BCUT2D eigenvalue weighted by molar-refractivity contribution is 5.86. The molecule has 0 aromatic carbocycles. The molecule has 0 spiro atoms. The zero-order chi connectivity index (χ0) is 8.15. The van der Waals surface area contributed by atoms with E-state index in [9.17, 15) is 4.79 Å². The molecule has 1 amide bonds. The lowest BCUT2D eigenvalue weighted by Gasteiger charge is -2.02. The van der Waals surface area contributed by atoms with E-state index < -0.39 is 0 Å². The van der Waals surface area contributed by atoms with Crippen LogP contribution in [0.1, 0.15) is 27.2 Å². The van der Waals surface area contributed by atoms with Gasteiger partial charge >= 0.3 is 0 Å². The Bertz CT molecular complexity index is 147. The van der Waals surface area contributed by atoms with Gasteiger partial charge in [0, 0.05) is 6.08 Å². The first kappa shape index (κ1) is 9.21. The number of rotatable bonds is 3. The fourth-order valence-electron chi connectivity index (χ4n) is 0.946. The standard InChI is InChI=1S/C8H15NO/c1-6(2)4-7(3)5-8(9)10/h5-6H,4H2,1-3H3,(H2,9,10)/b7-5+. The van der Waals surface area contributed by atoms with Gasteiger partial charge in [-0.2, -0.15) is 0 Å². The van der Waals surface area contributed by atoms with E-state index in [4.69, 9.17) is 5.73 Å². The molecular formula is C8H15NO. The van der Waals surface area contributed by atoms with E-state index in [-0.39, 0.29) is 5.91 Å². The largest absolute Gasteiger partial charge is 0.366 e. The first-order chi connectivity index (χ1) is 4.52. The van der Waals surface area contributed by atoms with E-state index in [0.717, 1.165) is 12.0 Å². The van der Waals surface area contributed by atoms with Gasteiger partial charge in [0.2, 0.25) is 5.91 Å². The molecule has 0 atom stereocenters. The molecule has 0 aromatic heterocycles. The third kappa shape index (κ3) is 5.35. The van der Waals surface area contributed by atoms with Gasteiger partial charge in [-0.25, -0.2) is 0 Å². The molecule has 0 unspecified atom stereocenters. The van der Waals surface area contributed by atoms with Gasteiger partial charge in [0.05, 0.1) is 0 Å². The number of hydrogen-bond acceptors (Lipinski definition) is 1. The average Bonchev–Trinajstić information content (AvgIpc) is 1.58. The van der Waals surface area contributed by atoms with Crippen molar-refractivity contribution in [1.82, 2.24) is 0 Å². The zero-order valence-electron chi connectivity index (χ0n) is 6.85. The third-order valence-electron chi connectivity index (χ3n) is 1.12. The maximum atomic E-state index is 10.3. The predicted octanol–water partition coefficient (Wildman–Crippen LogP) is 1.46. The van der Waals surface area contributed by atoms with Gasteiger partial charge in [0.1, 0.15) is 0 Å². The van der Waals surface area contributed by atoms with Crippen molar-refractivity contribution in [3.05, 3.63) is 11.6 Å². The van der Waals surface area contributed by atoms with Gasteiger partial charge in [-0.3, -0.25) is 4.79 Å². The summed E-state index contributed by atoms with van der Waals surface area (Å²) < 4.78 is 0. The monoisotopic (exact) mass is 141 g/mol. The molecule has 0 bridgehead atoms. The summed E-state index contributed by atoms with van der Waals surface area (Å²) in [4.78, 5) is 10.3. The minimum Gasteiger partial charge on any atom is -0.366 e. The van der Waals surface area contributed by atoms with Gasteiger partial charge < -0.3 is 5.73 Å². The maximum Gasteiger partial charge on any atom is 0.241 e. The first-order valence-corrected chi connectivity index (χ1v) is 3.49. The Labute approximate surface area is 62.1 Å². The average molecular weight is 141 g/mol. The third-order valence-corrected chi connectivity index (χ3v) is 1.12. The second kappa shape index (κ2) is 4.09. The molecule has 0 fully saturated rings. The van der Waals surface area contributed by atoms with Crippen LogP contribution in [-0.2, 0) is 4.79 Å². The van der Waals surface area contributed by atoms with Crippen molar-refractivity contribution in [2.75, 3.05) is 0 Å². The van der Waals surface area contributed by atoms with Crippen molar-refractivity contribution in [2.45, 2.75) is 27.2 Å². The highest BCUT2D eigenvalue weighted by atomic mass is 16.1. The molecular weight excluding hydrogens is 126 g/mol. The molecule has 0 aliphatic carbocycles. The summed E-state index contributed by atoms with van der Waals surface area (Å²) in [6.07, 6.45) is 2.43. The van der Waals surface area contributed by atoms with E-state index in [1.165, 1.54) is 6.08 Å². The molecule has 10 heavy (non-hydrogen) atoms. The van der Waals surface area contributed by atoms with Crippen LogP contribution in [0.4, 0.5) is 0 Å². The van der Waals surface area contributed by atoms with Crippen LogP contribution in [0.3, 0.4) is 0 Å². The Balaban J connectivity index is 3.83. The number of carbonyl (C=O) groups is 1. The van der Waals surface area contributed by atoms with E-state index >= 15 is 0 Å². The summed E-state index contributed by atoms with van der Waals surface area (Å²) in [5.74, 6) is 0.244. The van der Waals surface area contributed by atoms with Crippen LogP contribution in [-0.4, -0.2) is 5.91 Å². The van der Waals surface area contributed by atoms with E-state index in [2.05, 4.69) is 13.8 Å². The van der Waals surface area contributed by atoms with Crippen molar-refractivity contribution >= 4 is 5.91 Å². The number of amides is 1. The molecule has 0 aromatic rings. The first-order valence-electron chi connectivity index (χ1n) is 3.49. The Morgan fingerprint density at radius 2 is 2.10 bits per heavy atom. The zero-order valence-corrected chi connectivity index (χ0v) is 6.85. The fraction of sp³-hybridized carbons (Fsp3) is 0.625. The van der Waals surface area contributed by atoms with Crippen LogP contribution in [0.15, 0.2) is 11.6 Å². The summed E-state index contributed by atoms with van der Waals surface area (Å²) in [5.41, 5.74) is 6.01. The van der Waals surface area contributed by atoms with E-state index in [0.29, 0.717) is 5.92 Å². The van der Waals surface area contributed by atoms with Crippen LogP contribution in [0.2, 0.25) is 0 Å². The molecule has 2 N–H and O–H groups in total. The second-order valence-electron chi connectivity index (χ2n) is 2.99. The molecule has 58 valence electrons. The number of nitrogens with two attached hydrogens (primary N) is 1. The van der Waals surface area contributed by atoms with Crippen LogP contribution >= 0.6 is 0 Å². The van der Waals surface area contributed by atoms with Crippen LogP contribution in [0, 0.1) is 5.92 Å². The topological polar surface area (TPSA) is 43.1 Å². The minimum absolute atomic E-state index is 0.349. The van der Waals surface area contributed by atoms with Gasteiger partial charge in [-0.1, -0.05) is 19.4 Å². The summed E-state index contributed by atoms with van der Waals surface area (Å²) in [6.45, 7) is 6.14. The van der Waals surface area contributed by atoms with Crippen LogP contribution in [0.25, 0.3) is 0 Å². The minimum atomic E-state index is -0.349. The lowest BCUT2D eigenvalue weighted by molar-refractivity contribution is -0.113. The summed E-state index contributed by atoms with van der Waals surface area (Å²) in [5, 5.41) is 0. The van der Waals surface area contributed by atoms with Crippen LogP contribution in [0.5, 0.6) is 0 Å². The maximum absolute atomic E-state index is 10.3. The van der Waals surface area contributed by atoms with Crippen molar-refractivity contribution in [3.8, 4) is 0 Å². The normalized spacial score (nSPS) is 12.2. The smallest absolute Gasteiger partial charge is 0.241 e. The molecule has 0 rings (SSSR count). The van der Waals surface area contributed by atoms with Crippen LogP contribution < -0.4 is 5.73 Å². The van der Waals surface area contributed by atoms with Crippen molar-refractivity contribution in [3.63, 3.8) is 0 Å². The van der Waals surface area contributed by atoms with Gasteiger partial charge in [0.15, 0.2) is 0 Å². The number of carbonyl (C=O) groups excluding carboxylic acids is 1. The Hall–Kier alpha value is -0.790. The Kier molecular flexibility index (Phi) is 3.77. The van der Waals surface area contributed by atoms with Gasteiger partial charge in [-0.15, -0.1) is 0 Å². The second-order valence-corrected chi connectivity index (χ2v) is 2.99. The summed E-state index contributed by atoms with van der Waals surface area (Å²) >= 11 is 0. The fourth-order valence-corrected chi connectivity index (χ4v) is 0.946. The predicted molar refractivity (Wildman–Crippen MR) is 42.4 cm³/mol. The SMILES string of the molecule is C/C(=C\C(N)=O)CC(C)C. The van der Waals surface area contributed by atoms with Crippen molar-refractivity contribution in [2.24, 2.45) is 11.7 Å². The molecule has 0 saturated heterocycles. The Morgan fingerprint density at radius 3 is 2.40 bits per heavy atom.